The van der Waals surface area contributed by atoms with Gasteiger partial charge in [-0.3, -0.25) is 4.79 Å². The van der Waals surface area contributed by atoms with Crippen molar-refractivity contribution in [2.75, 3.05) is 6.61 Å². The Morgan fingerprint density at radius 3 is 2.71 bits per heavy atom. The molecule has 17 heavy (non-hydrogen) atoms. The van der Waals surface area contributed by atoms with Crippen LogP contribution in [-0.4, -0.2) is 17.7 Å². The van der Waals surface area contributed by atoms with Gasteiger partial charge in [0.1, 0.15) is 5.75 Å². The summed E-state index contributed by atoms with van der Waals surface area (Å²) < 4.78 is 4.84. The number of hydrogen-bond donors (Lipinski definition) is 1. The first kappa shape index (κ1) is 13.3. The van der Waals surface area contributed by atoms with Gasteiger partial charge in [0.25, 0.3) is 0 Å². The Labute approximate surface area is 102 Å². The van der Waals surface area contributed by atoms with Crippen molar-refractivity contribution in [2.24, 2.45) is 0 Å². The number of phenolic OH excluding ortho intramolecular Hbond substituents is 1. The summed E-state index contributed by atoms with van der Waals surface area (Å²) in [6.07, 6.45) is 0.905. The molecule has 0 aromatic heterocycles. The number of hydrogen-bond acceptors (Lipinski definition) is 3. The largest absolute Gasteiger partial charge is 0.507 e. The van der Waals surface area contributed by atoms with Gasteiger partial charge in [-0.2, -0.15) is 0 Å². The fraction of sp³-hybridized carbons (Fsp3) is 0.357. The van der Waals surface area contributed by atoms with Gasteiger partial charge in [-0.25, -0.2) is 0 Å². The van der Waals surface area contributed by atoms with Crippen molar-refractivity contribution < 1.29 is 14.6 Å². The van der Waals surface area contributed by atoms with Crippen LogP contribution in [0.2, 0.25) is 0 Å². The molecule has 0 fully saturated rings. The van der Waals surface area contributed by atoms with Gasteiger partial charge >= 0.3 is 5.97 Å². The lowest BCUT2D eigenvalue weighted by atomic mass is 10.0. The summed E-state index contributed by atoms with van der Waals surface area (Å²) in [5.74, 6) is -0.00479. The predicted molar refractivity (Wildman–Crippen MR) is 67.8 cm³/mol. The predicted octanol–water partition coefficient (Wildman–Crippen LogP) is 2.92. The zero-order chi connectivity index (χ0) is 12.8. The van der Waals surface area contributed by atoms with E-state index in [0.29, 0.717) is 19.4 Å². The molecule has 1 aromatic rings. The Bertz CT molecular complexity index is 421. The van der Waals surface area contributed by atoms with Crippen molar-refractivity contribution in [3.63, 3.8) is 0 Å². The van der Waals surface area contributed by atoms with Gasteiger partial charge in [-0.05, 0) is 37.5 Å². The quantitative estimate of drug-likeness (QED) is 0.797. The molecule has 0 bridgehead atoms. The van der Waals surface area contributed by atoms with Crippen LogP contribution in [0, 0.1) is 0 Å². The van der Waals surface area contributed by atoms with Gasteiger partial charge in [-0.1, -0.05) is 18.7 Å². The van der Waals surface area contributed by atoms with Crippen molar-refractivity contribution in [2.45, 2.75) is 26.7 Å². The number of aromatic hydroxyl groups is 1. The van der Waals surface area contributed by atoms with Crippen molar-refractivity contribution in [1.82, 2.24) is 0 Å². The number of esters is 1. The molecule has 3 nitrogen and oxygen atoms in total. The minimum Gasteiger partial charge on any atom is -0.507 e. The molecule has 3 heteroatoms. The molecule has 1 N–H and O–H groups in total. The average molecular weight is 234 g/mol. The number of allylic oxidation sites excluding steroid dienone is 1. The minimum atomic E-state index is -0.212. The van der Waals surface area contributed by atoms with Crippen LogP contribution in [0.3, 0.4) is 0 Å². The van der Waals surface area contributed by atoms with Crippen LogP contribution in [0.25, 0.3) is 5.57 Å². The highest BCUT2D eigenvalue weighted by molar-refractivity contribution is 5.70. The number of phenols is 1. The second-order valence-electron chi connectivity index (χ2n) is 3.94. The molecule has 0 aliphatic carbocycles. The Morgan fingerprint density at radius 1 is 1.47 bits per heavy atom. The Kier molecular flexibility index (Phi) is 4.76. The first-order valence-electron chi connectivity index (χ1n) is 5.68. The van der Waals surface area contributed by atoms with Crippen molar-refractivity contribution in [1.29, 1.82) is 0 Å². The van der Waals surface area contributed by atoms with E-state index in [1.54, 1.807) is 13.0 Å². The third kappa shape index (κ3) is 3.94. The van der Waals surface area contributed by atoms with Crippen molar-refractivity contribution in [3.05, 3.63) is 35.9 Å². The second-order valence-corrected chi connectivity index (χ2v) is 3.94. The number of rotatable bonds is 5. The molecule has 1 aromatic carbocycles. The van der Waals surface area contributed by atoms with E-state index >= 15 is 0 Å². The van der Waals surface area contributed by atoms with Crippen LogP contribution in [0.15, 0.2) is 24.8 Å². The smallest absolute Gasteiger partial charge is 0.306 e. The van der Waals surface area contributed by atoms with E-state index in [4.69, 9.17) is 4.74 Å². The van der Waals surface area contributed by atoms with E-state index in [9.17, 15) is 9.90 Å². The van der Waals surface area contributed by atoms with Crippen molar-refractivity contribution >= 4 is 11.5 Å². The molecule has 0 unspecified atom stereocenters. The Morgan fingerprint density at radius 2 is 2.18 bits per heavy atom. The lowest BCUT2D eigenvalue weighted by Crippen LogP contribution is -2.05. The minimum absolute atomic E-state index is 0.207. The molecule has 0 saturated heterocycles. The summed E-state index contributed by atoms with van der Waals surface area (Å²) >= 11 is 0. The van der Waals surface area contributed by atoms with Crippen LogP contribution in [0.5, 0.6) is 5.75 Å². The topological polar surface area (TPSA) is 46.5 Å². The van der Waals surface area contributed by atoms with E-state index in [-0.39, 0.29) is 11.7 Å². The van der Waals surface area contributed by atoms with Gasteiger partial charge in [0.2, 0.25) is 0 Å². The fourth-order valence-electron chi connectivity index (χ4n) is 1.57. The molecule has 0 amide bonds. The van der Waals surface area contributed by atoms with E-state index in [0.717, 1.165) is 16.7 Å². The van der Waals surface area contributed by atoms with Crippen LogP contribution < -0.4 is 0 Å². The van der Waals surface area contributed by atoms with Crippen LogP contribution in [-0.2, 0) is 16.0 Å². The van der Waals surface area contributed by atoms with E-state index in [1.165, 1.54) is 0 Å². The second kappa shape index (κ2) is 6.09. The molecule has 0 aliphatic heterocycles. The lowest BCUT2D eigenvalue weighted by molar-refractivity contribution is -0.143. The molecule has 0 heterocycles. The molecule has 1 rings (SSSR count). The molecular formula is C14H18O3. The third-order valence-corrected chi connectivity index (χ3v) is 2.45. The first-order valence-corrected chi connectivity index (χ1v) is 5.68. The maximum Gasteiger partial charge on any atom is 0.306 e. The summed E-state index contributed by atoms with van der Waals surface area (Å²) in [5.41, 5.74) is 2.48. The number of carbonyl (C=O) groups excluding carboxylic acids is 1. The maximum absolute atomic E-state index is 11.2. The fourth-order valence-corrected chi connectivity index (χ4v) is 1.57. The summed E-state index contributed by atoms with van der Waals surface area (Å²) in [6.45, 7) is 7.81. The number of ether oxygens (including phenoxy) is 1. The Hall–Kier alpha value is -1.77. The molecular weight excluding hydrogens is 216 g/mol. The van der Waals surface area contributed by atoms with Crippen LogP contribution in [0.4, 0.5) is 0 Å². The lowest BCUT2D eigenvalue weighted by Gasteiger charge is -2.07. The summed E-state index contributed by atoms with van der Waals surface area (Å²) in [7, 11) is 0. The molecule has 92 valence electrons. The van der Waals surface area contributed by atoms with E-state index < -0.39 is 0 Å². The SMILES string of the molecule is C=C(C)c1ccc(CCC(=O)OCC)cc1O. The van der Waals surface area contributed by atoms with Crippen molar-refractivity contribution in [3.8, 4) is 5.75 Å². The molecule has 0 aliphatic rings. The van der Waals surface area contributed by atoms with Crippen LogP contribution in [0.1, 0.15) is 31.4 Å². The normalized spacial score (nSPS) is 10.0. The van der Waals surface area contributed by atoms with E-state index in [2.05, 4.69) is 6.58 Å². The Balaban J connectivity index is 2.65. The number of carbonyl (C=O) groups is 1. The highest BCUT2D eigenvalue weighted by atomic mass is 16.5. The number of aryl methyl sites for hydroxylation is 1. The van der Waals surface area contributed by atoms with Gasteiger partial charge in [-0.15, -0.1) is 0 Å². The standard InChI is InChI=1S/C14H18O3/c1-4-17-14(16)8-6-11-5-7-12(10(2)3)13(15)9-11/h5,7,9,15H,2,4,6,8H2,1,3H3. The molecule has 0 radical (unpaired) electrons. The van der Waals surface area contributed by atoms with Gasteiger partial charge in [0, 0.05) is 12.0 Å². The first-order chi connectivity index (χ1) is 8.04. The zero-order valence-electron chi connectivity index (χ0n) is 10.3. The third-order valence-electron chi connectivity index (χ3n) is 2.45. The van der Waals surface area contributed by atoms with Gasteiger partial charge in [0.15, 0.2) is 0 Å². The average Bonchev–Trinajstić information content (AvgIpc) is 2.26. The van der Waals surface area contributed by atoms with Crippen LogP contribution >= 0.6 is 0 Å². The summed E-state index contributed by atoms with van der Waals surface area (Å²) in [6, 6.07) is 5.38. The zero-order valence-corrected chi connectivity index (χ0v) is 10.3. The molecule has 0 atom stereocenters. The highest BCUT2D eigenvalue weighted by Gasteiger charge is 2.06. The highest BCUT2D eigenvalue weighted by Crippen LogP contribution is 2.25. The number of benzene rings is 1. The van der Waals surface area contributed by atoms with Gasteiger partial charge in [0.05, 0.1) is 6.61 Å². The van der Waals surface area contributed by atoms with Gasteiger partial charge < -0.3 is 9.84 Å². The monoisotopic (exact) mass is 234 g/mol. The van der Waals surface area contributed by atoms with E-state index in [1.807, 2.05) is 19.1 Å². The molecule has 0 saturated carbocycles. The summed E-state index contributed by atoms with van der Waals surface area (Å²) in [5, 5.41) is 9.75. The molecule has 0 spiro atoms. The maximum atomic E-state index is 11.2. The summed E-state index contributed by atoms with van der Waals surface area (Å²) in [4.78, 5) is 11.2.